The van der Waals surface area contributed by atoms with Gasteiger partial charge in [-0.15, -0.1) is 0 Å². The number of fused-ring (bicyclic) bond motifs is 1. The van der Waals surface area contributed by atoms with Gasteiger partial charge in [-0.1, -0.05) is 0 Å². The van der Waals surface area contributed by atoms with Crippen LogP contribution in [0.25, 0.3) is 11.4 Å². The molecule has 4 aliphatic carbocycles. The zero-order chi connectivity index (χ0) is 23.6. The van der Waals surface area contributed by atoms with Crippen LogP contribution in [0.4, 0.5) is 5.69 Å². The number of aryl methyl sites for hydroxylation is 1. The number of hydrogen-bond acceptors (Lipinski definition) is 3. The highest BCUT2D eigenvalue weighted by molar-refractivity contribution is 5.98. The standard InChI is InChI=1S/C29H36N4O2/c34-27(31-23-8-6-22(7-9-23)26-30-18-24-4-1-2-10-32(24)26)25-5-3-11-33(25)28(35)29-15-19-12-20(16-29)14-21(13-19)17-29/h6-9,18-21,25H,1-5,10-17H2,(H,31,34). The number of aromatic nitrogens is 2. The molecule has 3 heterocycles. The summed E-state index contributed by atoms with van der Waals surface area (Å²) in [4.78, 5) is 33.8. The number of imidazole rings is 1. The van der Waals surface area contributed by atoms with Gasteiger partial charge in [0.25, 0.3) is 0 Å². The van der Waals surface area contributed by atoms with Crippen LogP contribution in [-0.2, 0) is 22.6 Å². The Morgan fingerprint density at radius 3 is 2.34 bits per heavy atom. The number of nitrogens with zero attached hydrogens (tertiary/aromatic N) is 3. The molecular formula is C29H36N4O2. The van der Waals surface area contributed by atoms with Gasteiger partial charge >= 0.3 is 0 Å². The smallest absolute Gasteiger partial charge is 0.247 e. The van der Waals surface area contributed by atoms with E-state index in [0.717, 1.165) is 86.4 Å². The van der Waals surface area contributed by atoms with E-state index in [1.807, 2.05) is 35.4 Å². The van der Waals surface area contributed by atoms with Crippen molar-refractivity contribution >= 4 is 17.5 Å². The van der Waals surface area contributed by atoms with Crippen LogP contribution in [0.1, 0.15) is 69.9 Å². The minimum absolute atomic E-state index is 0.0356. The molecule has 2 amide bonds. The molecule has 1 saturated heterocycles. The number of anilines is 1. The Hall–Kier alpha value is -2.63. The molecule has 2 aromatic rings. The Kier molecular flexibility index (Phi) is 5.07. The molecule has 6 aliphatic rings. The van der Waals surface area contributed by atoms with E-state index >= 15 is 0 Å². The summed E-state index contributed by atoms with van der Waals surface area (Å²) in [5.74, 6) is 3.47. The van der Waals surface area contributed by atoms with E-state index in [0.29, 0.717) is 0 Å². The van der Waals surface area contributed by atoms with E-state index in [1.165, 1.54) is 37.8 Å². The molecule has 2 aliphatic heterocycles. The zero-order valence-corrected chi connectivity index (χ0v) is 20.5. The summed E-state index contributed by atoms with van der Waals surface area (Å²) in [7, 11) is 0. The molecule has 1 N–H and O–H groups in total. The van der Waals surface area contributed by atoms with Crippen molar-refractivity contribution in [1.82, 2.24) is 14.5 Å². The molecule has 184 valence electrons. The Labute approximate surface area is 207 Å². The Morgan fingerprint density at radius 1 is 0.914 bits per heavy atom. The maximum atomic E-state index is 13.9. The van der Waals surface area contributed by atoms with E-state index in [4.69, 9.17) is 0 Å². The predicted molar refractivity (Wildman–Crippen MR) is 135 cm³/mol. The van der Waals surface area contributed by atoms with Crippen molar-refractivity contribution in [2.24, 2.45) is 23.2 Å². The van der Waals surface area contributed by atoms with Crippen LogP contribution in [0.3, 0.4) is 0 Å². The molecule has 1 atom stereocenters. The van der Waals surface area contributed by atoms with Crippen LogP contribution in [0.15, 0.2) is 30.5 Å². The number of nitrogens with one attached hydrogen (secondary N) is 1. The van der Waals surface area contributed by atoms with Crippen molar-refractivity contribution < 1.29 is 9.59 Å². The van der Waals surface area contributed by atoms with E-state index in [9.17, 15) is 9.59 Å². The largest absolute Gasteiger partial charge is 0.330 e. The first-order valence-electron chi connectivity index (χ1n) is 13.8. The topological polar surface area (TPSA) is 67.2 Å². The fourth-order valence-corrected chi connectivity index (χ4v) is 8.55. The number of rotatable bonds is 4. The van der Waals surface area contributed by atoms with Gasteiger partial charge in [-0.3, -0.25) is 9.59 Å². The fourth-order valence-electron chi connectivity index (χ4n) is 8.55. The monoisotopic (exact) mass is 472 g/mol. The van der Waals surface area contributed by atoms with Crippen LogP contribution in [0.5, 0.6) is 0 Å². The molecule has 0 spiro atoms. The number of benzene rings is 1. The van der Waals surface area contributed by atoms with Crippen molar-refractivity contribution in [3.05, 3.63) is 36.2 Å². The summed E-state index contributed by atoms with van der Waals surface area (Å²) in [6, 6.07) is 7.70. The third-order valence-electron chi connectivity index (χ3n) is 9.72. The number of likely N-dealkylation sites (tertiary alicyclic amines) is 1. The second kappa shape index (κ2) is 8.21. The summed E-state index contributed by atoms with van der Waals surface area (Å²) in [6.07, 6.45) is 14.4. The molecule has 6 nitrogen and oxygen atoms in total. The van der Waals surface area contributed by atoms with Gasteiger partial charge in [-0.25, -0.2) is 4.98 Å². The van der Waals surface area contributed by atoms with Gasteiger partial charge in [0.2, 0.25) is 11.8 Å². The Bertz CT molecular complexity index is 1110. The lowest BCUT2D eigenvalue weighted by atomic mass is 9.49. The minimum atomic E-state index is -0.338. The van der Waals surface area contributed by atoms with Gasteiger partial charge in [0.1, 0.15) is 11.9 Å². The molecule has 4 bridgehead atoms. The lowest BCUT2D eigenvalue weighted by molar-refractivity contribution is -0.160. The molecule has 8 rings (SSSR count). The van der Waals surface area contributed by atoms with E-state index < -0.39 is 0 Å². The molecule has 0 radical (unpaired) electrons. The lowest BCUT2D eigenvalue weighted by Gasteiger charge is -2.56. The molecule has 35 heavy (non-hydrogen) atoms. The van der Waals surface area contributed by atoms with Crippen LogP contribution in [0, 0.1) is 23.2 Å². The number of carbonyl (C=O) groups is 2. The SMILES string of the molecule is O=C(Nc1ccc(-c2ncc3n2CCCC3)cc1)C1CCCN1C(=O)C12CC3CC(CC(C3)C1)C2. The van der Waals surface area contributed by atoms with E-state index in [2.05, 4.69) is 14.9 Å². The lowest BCUT2D eigenvalue weighted by Crippen LogP contribution is -2.56. The van der Waals surface area contributed by atoms with Gasteiger partial charge in [0, 0.05) is 36.2 Å². The molecular weight excluding hydrogens is 436 g/mol. The maximum absolute atomic E-state index is 13.9. The summed E-state index contributed by atoms with van der Waals surface area (Å²) in [5, 5.41) is 3.12. The van der Waals surface area contributed by atoms with Gasteiger partial charge in [0.05, 0.1) is 5.41 Å². The molecule has 1 aromatic carbocycles. The quantitative estimate of drug-likeness (QED) is 0.679. The first-order valence-corrected chi connectivity index (χ1v) is 13.8. The third-order valence-corrected chi connectivity index (χ3v) is 9.72. The fraction of sp³-hybridized carbons (Fsp3) is 0.621. The second-order valence-electron chi connectivity index (χ2n) is 12.1. The highest BCUT2D eigenvalue weighted by Gasteiger charge is 2.56. The second-order valence-corrected chi connectivity index (χ2v) is 12.1. The van der Waals surface area contributed by atoms with Gasteiger partial charge < -0.3 is 14.8 Å². The van der Waals surface area contributed by atoms with Crippen LogP contribution < -0.4 is 5.32 Å². The summed E-state index contributed by atoms with van der Waals surface area (Å²) in [6.45, 7) is 1.75. The highest BCUT2D eigenvalue weighted by Crippen LogP contribution is 2.60. The molecule has 1 unspecified atom stereocenters. The van der Waals surface area contributed by atoms with Crippen molar-refractivity contribution in [1.29, 1.82) is 0 Å². The molecule has 1 aromatic heterocycles. The van der Waals surface area contributed by atoms with Gasteiger partial charge in [0.15, 0.2) is 0 Å². The van der Waals surface area contributed by atoms with Crippen molar-refractivity contribution in [2.75, 3.05) is 11.9 Å². The predicted octanol–water partition coefficient (Wildman–Crippen LogP) is 5.03. The summed E-state index contributed by atoms with van der Waals surface area (Å²) >= 11 is 0. The summed E-state index contributed by atoms with van der Waals surface area (Å²) < 4.78 is 2.32. The highest BCUT2D eigenvalue weighted by atomic mass is 16.2. The number of hydrogen-bond donors (Lipinski definition) is 1. The number of amides is 2. The maximum Gasteiger partial charge on any atom is 0.247 e. The van der Waals surface area contributed by atoms with Crippen LogP contribution >= 0.6 is 0 Å². The molecule has 4 saturated carbocycles. The van der Waals surface area contributed by atoms with Crippen LogP contribution in [-0.4, -0.2) is 38.9 Å². The zero-order valence-electron chi connectivity index (χ0n) is 20.5. The summed E-state index contributed by atoms with van der Waals surface area (Å²) in [5.41, 5.74) is 3.00. The van der Waals surface area contributed by atoms with E-state index in [-0.39, 0.29) is 23.3 Å². The minimum Gasteiger partial charge on any atom is -0.330 e. The Balaban J connectivity index is 1.05. The average molecular weight is 473 g/mol. The van der Waals surface area contributed by atoms with Gasteiger partial charge in [-0.05, 0) is 113 Å². The average Bonchev–Trinajstić information content (AvgIpc) is 3.51. The Morgan fingerprint density at radius 2 is 1.63 bits per heavy atom. The molecule has 6 heteroatoms. The van der Waals surface area contributed by atoms with Crippen LogP contribution in [0.2, 0.25) is 0 Å². The van der Waals surface area contributed by atoms with Crippen molar-refractivity contribution in [3.63, 3.8) is 0 Å². The first kappa shape index (κ1) is 21.6. The first-order chi connectivity index (χ1) is 17.1. The van der Waals surface area contributed by atoms with Gasteiger partial charge in [-0.2, -0.15) is 0 Å². The normalized spacial score (nSPS) is 33.1. The third kappa shape index (κ3) is 3.63. The molecule has 5 fully saturated rings. The van der Waals surface area contributed by atoms with Crippen molar-refractivity contribution in [3.8, 4) is 11.4 Å². The van der Waals surface area contributed by atoms with Crippen molar-refractivity contribution in [2.45, 2.75) is 83.2 Å². The number of carbonyl (C=O) groups excluding carboxylic acids is 2. The van der Waals surface area contributed by atoms with E-state index in [1.54, 1.807) is 0 Å².